The summed E-state index contributed by atoms with van der Waals surface area (Å²) < 4.78 is 113. The van der Waals surface area contributed by atoms with Crippen molar-refractivity contribution in [2.24, 2.45) is 5.73 Å². The predicted molar refractivity (Wildman–Crippen MR) is 288 cm³/mol. The van der Waals surface area contributed by atoms with Crippen molar-refractivity contribution in [1.29, 1.82) is 0 Å². The van der Waals surface area contributed by atoms with Crippen LogP contribution in [0.15, 0.2) is 0 Å². The fourth-order valence-electron chi connectivity index (χ4n) is 11.8. The van der Waals surface area contributed by atoms with Gasteiger partial charge in [0.05, 0.1) is 52.3 Å². The molecule has 7 saturated heterocycles. The van der Waals surface area contributed by atoms with Gasteiger partial charge >= 0.3 is 15.6 Å². The number of rotatable bonds is 26. The molecule has 47 nitrogen and oxygen atoms in total. The third kappa shape index (κ3) is 17.8. The Hall–Kier alpha value is -1.34. The van der Waals surface area contributed by atoms with Crippen LogP contribution in [0, 0.1) is 0 Å². The lowest BCUT2D eigenvalue weighted by Crippen LogP contribution is -2.70. The van der Waals surface area contributed by atoms with Crippen LogP contribution >= 0.6 is 15.6 Å². The second-order valence-corrected chi connectivity index (χ2v) is 26.5. The zero-order valence-electron chi connectivity index (χ0n) is 50.0. The van der Waals surface area contributed by atoms with Gasteiger partial charge in [-0.2, -0.15) is 0 Å². The fraction of sp³-hybridized carbons (Fsp3) is 1.00. The summed E-state index contributed by atoms with van der Waals surface area (Å²) >= 11 is 0. The van der Waals surface area contributed by atoms with E-state index in [0.29, 0.717) is 0 Å². The van der Waals surface area contributed by atoms with Crippen molar-refractivity contribution in [3.63, 3.8) is 0 Å². The monoisotopic (exact) mass is 1470 g/mol. The molecule has 8 rings (SSSR count). The summed E-state index contributed by atoms with van der Waals surface area (Å²) in [5.74, 6) is 0. The first kappa shape index (κ1) is 81.3. The van der Waals surface area contributed by atoms with Crippen molar-refractivity contribution < 1.29 is 227 Å². The van der Waals surface area contributed by atoms with E-state index in [-0.39, 0.29) is 0 Å². The molecule has 0 amide bonds. The molecule has 0 aromatic carbocycles. The SMILES string of the molecule is N[C@H]1[C@@H](O[C@@H]2[C@@H](O)[C@H](O)[C@@H](O)[C@@H](O)[C@H]2OP(=O)(O)O)O[C@H](CO)[C@@H](O[C@H]2O[C@H](CO)[C@@H](O)[C@H](O[C@H]3O[C@H](COP(=O)(O)O[C@H]4O[C@H](CO)[C@@H](O)[C@H](O)[C@H]4O)[C@@H](O)[C@H](O[C@@H]4O[C@@H]([C@H](O)CO)[C@H](O[C@H]5O[C@H](CO[C@H]6O[C@H](CO)[C@H](O)[C@H](O)[C@H]6O)[C@H](O)[C@H](O)[C@H]5O)[C@H]4O)[C@@H]3O)[C@@H]2O)[C@@H]1O. The van der Waals surface area contributed by atoms with Gasteiger partial charge in [0.1, 0.15) is 201 Å². The molecule has 568 valence electrons. The number of hydrogen-bond acceptors (Lipinski definition) is 44. The Bertz CT molecular complexity index is 2540. The molecule has 30 N–H and O–H groups in total. The molecule has 7 heterocycles. The van der Waals surface area contributed by atoms with Crippen molar-refractivity contribution in [3.8, 4) is 0 Å². The number of nitrogens with two attached hydrogens (primary N) is 1. The maximum absolute atomic E-state index is 13.5. The van der Waals surface area contributed by atoms with Gasteiger partial charge < -0.3 is 210 Å². The highest BCUT2D eigenvalue weighted by Gasteiger charge is 2.60. The van der Waals surface area contributed by atoms with E-state index in [0.717, 1.165) is 0 Å². The minimum absolute atomic E-state index is 0.881. The van der Waals surface area contributed by atoms with E-state index >= 15 is 0 Å². The minimum Gasteiger partial charge on any atom is -0.394 e. The van der Waals surface area contributed by atoms with Crippen molar-refractivity contribution in [1.82, 2.24) is 0 Å². The van der Waals surface area contributed by atoms with Crippen LogP contribution in [0.2, 0.25) is 0 Å². The summed E-state index contributed by atoms with van der Waals surface area (Å²) in [5, 5.41) is 268. The Kier molecular flexibility index (Phi) is 28.4. The van der Waals surface area contributed by atoms with E-state index in [2.05, 4.69) is 4.52 Å². The maximum Gasteiger partial charge on any atom is 0.474 e. The van der Waals surface area contributed by atoms with E-state index in [1.807, 2.05) is 0 Å². The normalized spacial score (nSPS) is 51.2. The average Bonchev–Trinajstić information content (AvgIpc) is 1.69. The molecule has 0 spiro atoms. The van der Waals surface area contributed by atoms with E-state index in [1.165, 1.54) is 0 Å². The molecule has 7 aliphatic heterocycles. The number of hydrogen-bond donors (Lipinski definition) is 29. The molecule has 0 aromatic heterocycles. The van der Waals surface area contributed by atoms with E-state index < -0.39 is 313 Å². The van der Waals surface area contributed by atoms with E-state index in [1.54, 1.807) is 0 Å². The van der Waals surface area contributed by atoms with Gasteiger partial charge in [0.2, 0.25) is 0 Å². The molecule has 1 aliphatic carbocycles. The van der Waals surface area contributed by atoms with Crippen LogP contribution in [0.25, 0.3) is 0 Å². The van der Waals surface area contributed by atoms with E-state index in [4.69, 9.17) is 76.4 Å². The summed E-state index contributed by atoms with van der Waals surface area (Å²) in [7, 11) is -11.3. The second-order valence-electron chi connectivity index (χ2n) is 23.9. The van der Waals surface area contributed by atoms with Gasteiger partial charge in [0.15, 0.2) is 44.0 Å². The molecule has 1 unspecified atom stereocenters. The summed E-state index contributed by atoms with van der Waals surface area (Å²) in [4.78, 5) is 29.9. The molecule has 8 aliphatic rings. The molecular weight excluding hydrogens is 1390 g/mol. The van der Waals surface area contributed by atoms with Crippen LogP contribution in [0.1, 0.15) is 0 Å². The molecule has 8 fully saturated rings. The number of ether oxygens (including phenoxy) is 13. The second kappa shape index (κ2) is 33.8. The van der Waals surface area contributed by atoms with Gasteiger partial charge in [0, 0.05) is 0 Å². The molecule has 0 aromatic rings. The third-order valence-electron chi connectivity index (χ3n) is 17.4. The Labute approximate surface area is 544 Å². The smallest absolute Gasteiger partial charge is 0.394 e. The minimum atomic E-state index is -5.73. The van der Waals surface area contributed by atoms with Crippen LogP contribution in [0.4, 0.5) is 0 Å². The van der Waals surface area contributed by atoms with Gasteiger partial charge in [-0.15, -0.1) is 0 Å². The Morgan fingerprint density at radius 2 is 0.691 bits per heavy atom. The first-order chi connectivity index (χ1) is 45.4. The highest BCUT2D eigenvalue weighted by Crippen LogP contribution is 2.48. The summed E-state index contributed by atoms with van der Waals surface area (Å²) in [5.41, 5.74) is 6.21. The van der Waals surface area contributed by atoms with Gasteiger partial charge in [0.25, 0.3) is 0 Å². The number of aliphatic hydroxyl groups is 25. The Morgan fingerprint density at radius 3 is 1.21 bits per heavy atom. The number of aliphatic hydroxyl groups excluding tert-OH is 25. The lowest BCUT2D eigenvalue weighted by atomic mass is 9.84. The molecule has 0 radical (unpaired) electrons. The summed E-state index contributed by atoms with van der Waals surface area (Å²) in [6, 6.07) is -1.97. The fourth-order valence-corrected chi connectivity index (χ4v) is 13.2. The summed E-state index contributed by atoms with van der Waals surface area (Å²) in [6.07, 6.45) is -87.0. The van der Waals surface area contributed by atoms with Gasteiger partial charge in [-0.1, -0.05) is 0 Å². The largest absolute Gasteiger partial charge is 0.474 e. The van der Waals surface area contributed by atoms with Crippen LogP contribution in [-0.2, 0) is 84.3 Å². The number of phosphoric acid groups is 2. The molecule has 49 heteroatoms. The topological polar surface area (TPSA) is 774 Å². The van der Waals surface area contributed by atoms with Crippen LogP contribution in [-0.4, -0.2) is 440 Å². The molecular formula is C48H85NO46P2. The van der Waals surface area contributed by atoms with Crippen molar-refractivity contribution >= 4 is 15.6 Å². The van der Waals surface area contributed by atoms with Crippen molar-refractivity contribution in [2.75, 3.05) is 46.2 Å². The predicted octanol–water partition coefficient (Wildman–Crippen LogP) is -18.9. The maximum atomic E-state index is 13.5. The third-order valence-corrected chi connectivity index (χ3v) is 18.8. The lowest BCUT2D eigenvalue weighted by molar-refractivity contribution is -0.383. The van der Waals surface area contributed by atoms with E-state index in [9.17, 15) is 151 Å². The Balaban J connectivity index is 1.03. The quantitative estimate of drug-likeness (QED) is 0.0358. The van der Waals surface area contributed by atoms with Crippen LogP contribution in [0.5, 0.6) is 0 Å². The molecule has 42 atom stereocenters. The van der Waals surface area contributed by atoms with Crippen LogP contribution < -0.4 is 5.73 Å². The first-order valence-electron chi connectivity index (χ1n) is 29.7. The average molecular weight is 1470 g/mol. The molecule has 0 bridgehead atoms. The Morgan fingerprint density at radius 1 is 0.330 bits per heavy atom. The summed E-state index contributed by atoms with van der Waals surface area (Å²) in [6.45, 7) is -7.91. The highest BCUT2D eigenvalue weighted by molar-refractivity contribution is 7.47. The van der Waals surface area contributed by atoms with Gasteiger partial charge in [-0.25, -0.2) is 9.13 Å². The molecule has 1 saturated carbocycles. The van der Waals surface area contributed by atoms with Crippen molar-refractivity contribution in [3.05, 3.63) is 0 Å². The highest BCUT2D eigenvalue weighted by atomic mass is 31.2. The van der Waals surface area contributed by atoms with Gasteiger partial charge in [-0.3, -0.25) is 13.6 Å². The lowest BCUT2D eigenvalue weighted by Gasteiger charge is -2.50. The number of phosphoric ester groups is 2. The van der Waals surface area contributed by atoms with Gasteiger partial charge in [-0.05, 0) is 0 Å². The van der Waals surface area contributed by atoms with Crippen molar-refractivity contribution in [2.45, 2.75) is 252 Å². The zero-order chi connectivity index (χ0) is 71.9. The standard InChI is InChI=1S/C48H85NO46P2/c49-15-21(61)36(12(5-54)85-42(15)92-39-27(67)25(65)26(66)28(68)41(39)94-96(75,76)77)89-45-32(72)37(19(59)11(4-53)83-45)90-46-33(73)38(20(60)14(87-46)7-81-97(78,79)95-48-31(71)23(63)17(57)10(3-52)84-48)91-47-34(74)40(35(88-47)8(55)1-50)93-44-30(70)24(64)18(58)13(86-44)6-80-43-29(69)22(62)16(56)9(2-51)82-43/h8-48,50-74H,1-7,49H2,(H,78,79)(H2,75,76,77)/t8-,9-,10-,11-,12-,13-,14-,15-,16+,17-,18+,19-,20-,21-,22+,23+,24+,25-,26-,27+,28-,29-,30-,31-,32+,33+,34-,35+,36-,37+,38+,39-,40-,41-,42-,43+,44-,45-,46-,47+,48-/m1/s1. The van der Waals surface area contributed by atoms with Crippen LogP contribution in [0.3, 0.4) is 0 Å². The first-order valence-corrected chi connectivity index (χ1v) is 32.7. The molecule has 97 heavy (non-hydrogen) atoms. The zero-order valence-corrected chi connectivity index (χ0v) is 51.8.